The van der Waals surface area contributed by atoms with Gasteiger partial charge in [-0.05, 0) is 20.8 Å². The number of rotatable bonds is 2. The molecule has 1 amide bonds. The van der Waals surface area contributed by atoms with E-state index in [-0.39, 0.29) is 5.82 Å². The first-order valence-electron chi connectivity index (χ1n) is 4.90. The maximum Gasteiger partial charge on any atom is 0.413 e. The van der Waals surface area contributed by atoms with Crippen molar-refractivity contribution < 1.29 is 14.7 Å². The topological polar surface area (TPSA) is 96.7 Å². The molecule has 0 fully saturated rings. The van der Waals surface area contributed by atoms with Gasteiger partial charge in [-0.3, -0.25) is 5.32 Å². The Hall–Kier alpha value is -2.18. The quantitative estimate of drug-likeness (QED) is 0.463. The minimum atomic E-state index is -0.608. The molecule has 7 heteroatoms. The first kappa shape index (κ1) is 12.9. The predicted octanol–water partition coefficient (Wildman–Crippen LogP) is 1.63. The van der Waals surface area contributed by atoms with Crippen LogP contribution < -0.4 is 5.32 Å². The van der Waals surface area contributed by atoms with Gasteiger partial charge in [0.05, 0.1) is 11.9 Å². The van der Waals surface area contributed by atoms with Crippen LogP contribution in [0.25, 0.3) is 0 Å². The van der Waals surface area contributed by atoms with Crippen LogP contribution in [-0.2, 0) is 4.74 Å². The summed E-state index contributed by atoms with van der Waals surface area (Å²) in [6.45, 7) is 5.28. The van der Waals surface area contributed by atoms with E-state index in [4.69, 9.17) is 9.94 Å². The normalized spacial score (nSPS) is 11.5. The summed E-state index contributed by atoms with van der Waals surface area (Å²) in [5.74, 6) is 0.268. The number of hydrogen-bond acceptors (Lipinski definition) is 6. The lowest BCUT2D eigenvalue weighted by Crippen LogP contribution is -2.27. The van der Waals surface area contributed by atoms with Crippen LogP contribution in [0.2, 0.25) is 0 Å². The molecule has 92 valence electrons. The highest BCUT2D eigenvalue weighted by Gasteiger charge is 2.16. The smallest absolute Gasteiger partial charge is 0.413 e. The minimum absolute atomic E-state index is 0.268. The van der Waals surface area contributed by atoms with Gasteiger partial charge in [0.2, 0.25) is 0 Å². The van der Waals surface area contributed by atoms with E-state index in [9.17, 15) is 4.79 Å². The second-order valence-electron chi connectivity index (χ2n) is 4.20. The van der Waals surface area contributed by atoms with Crippen LogP contribution in [-0.4, -0.2) is 33.1 Å². The third kappa shape index (κ3) is 4.92. The molecule has 7 nitrogen and oxygen atoms in total. The molecular formula is C10H14N4O3. The Kier molecular flexibility index (Phi) is 3.97. The Balaban J connectivity index is 2.68. The van der Waals surface area contributed by atoms with E-state index in [1.807, 2.05) is 0 Å². The second kappa shape index (κ2) is 5.24. The van der Waals surface area contributed by atoms with Crippen LogP contribution in [0.4, 0.5) is 10.6 Å². The highest BCUT2D eigenvalue weighted by atomic mass is 16.6. The summed E-state index contributed by atoms with van der Waals surface area (Å²) >= 11 is 0. The fourth-order valence-corrected chi connectivity index (χ4v) is 0.979. The van der Waals surface area contributed by atoms with Gasteiger partial charge in [0.1, 0.15) is 17.7 Å². The molecule has 2 N–H and O–H groups in total. The monoisotopic (exact) mass is 238 g/mol. The lowest BCUT2D eigenvalue weighted by Gasteiger charge is -2.19. The van der Waals surface area contributed by atoms with Gasteiger partial charge < -0.3 is 9.94 Å². The third-order valence-electron chi connectivity index (χ3n) is 1.51. The fraction of sp³-hybridized carbons (Fsp3) is 0.400. The molecule has 0 saturated carbocycles. The summed E-state index contributed by atoms with van der Waals surface area (Å²) in [5.41, 5.74) is -0.208. The number of aromatic nitrogens is 2. The van der Waals surface area contributed by atoms with Crippen LogP contribution >= 0.6 is 0 Å². The van der Waals surface area contributed by atoms with E-state index in [1.165, 1.54) is 12.4 Å². The van der Waals surface area contributed by atoms with Gasteiger partial charge in [-0.25, -0.2) is 14.8 Å². The van der Waals surface area contributed by atoms with Crippen molar-refractivity contribution in [1.29, 1.82) is 0 Å². The summed E-state index contributed by atoms with van der Waals surface area (Å²) in [5, 5.41) is 13.6. The molecule has 0 unspecified atom stereocenters. The number of nitrogens with one attached hydrogen (secondary N) is 1. The van der Waals surface area contributed by atoms with Crippen LogP contribution in [0, 0.1) is 0 Å². The Morgan fingerprint density at radius 1 is 1.53 bits per heavy atom. The van der Waals surface area contributed by atoms with E-state index >= 15 is 0 Å². The molecule has 0 aromatic carbocycles. The number of nitrogens with zero attached hydrogens (tertiary/aromatic N) is 3. The molecule has 0 bridgehead atoms. The molecule has 1 heterocycles. The number of amides is 1. The Morgan fingerprint density at radius 2 is 2.24 bits per heavy atom. The number of ether oxygens (including phenoxy) is 1. The second-order valence-corrected chi connectivity index (χ2v) is 4.20. The molecule has 1 aromatic rings. The van der Waals surface area contributed by atoms with E-state index in [0.717, 1.165) is 6.21 Å². The average Bonchev–Trinajstić information content (AvgIpc) is 2.15. The SMILES string of the molecule is CC(C)(C)OC(=O)Nc1cc(/C=N/O)ncn1. The standard InChI is InChI=1S/C10H14N4O3/c1-10(2,3)17-9(15)14-8-4-7(5-13-16)11-6-12-8/h4-6,16H,1-3H3,(H,11,12,14,15)/b13-5+. The largest absolute Gasteiger partial charge is 0.444 e. The molecule has 0 aliphatic carbocycles. The number of carbonyl (C=O) groups excluding carboxylic acids is 1. The molecule has 0 aliphatic heterocycles. The van der Waals surface area contributed by atoms with Crippen molar-refractivity contribution in [2.24, 2.45) is 5.16 Å². The van der Waals surface area contributed by atoms with Crippen molar-refractivity contribution in [1.82, 2.24) is 9.97 Å². The van der Waals surface area contributed by atoms with E-state index in [1.54, 1.807) is 20.8 Å². The maximum absolute atomic E-state index is 11.4. The van der Waals surface area contributed by atoms with Gasteiger partial charge in [-0.15, -0.1) is 0 Å². The maximum atomic E-state index is 11.4. The molecule has 0 aliphatic rings. The zero-order valence-electron chi connectivity index (χ0n) is 9.84. The van der Waals surface area contributed by atoms with Crippen molar-refractivity contribution in [2.75, 3.05) is 5.32 Å². The van der Waals surface area contributed by atoms with Crippen LogP contribution in [0.15, 0.2) is 17.5 Å². The highest BCUT2D eigenvalue weighted by molar-refractivity contribution is 5.85. The van der Waals surface area contributed by atoms with Crippen LogP contribution in [0.5, 0.6) is 0 Å². The Bertz CT molecular complexity index is 426. The zero-order chi connectivity index (χ0) is 12.9. The van der Waals surface area contributed by atoms with Crippen molar-refractivity contribution in [3.63, 3.8) is 0 Å². The van der Waals surface area contributed by atoms with Crippen molar-refractivity contribution >= 4 is 18.1 Å². The summed E-state index contributed by atoms with van der Waals surface area (Å²) in [7, 11) is 0. The summed E-state index contributed by atoms with van der Waals surface area (Å²) in [6, 6.07) is 1.45. The van der Waals surface area contributed by atoms with Crippen molar-refractivity contribution in [3.05, 3.63) is 18.1 Å². The molecule has 17 heavy (non-hydrogen) atoms. The van der Waals surface area contributed by atoms with Gasteiger partial charge in [0.15, 0.2) is 0 Å². The summed E-state index contributed by atoms with van der Waals surface area (Å²) in [4.78, 5) is 19.0. The number of oxime groups is 1. The number of anilines is 1. The Morgan fingerprint density at radius 3 is 2.82 bits per heavy atom. The summed E-state index contributed by atoms with van der Waals surface area (Å²) < 4.78 is 5.05. The average molecular weight is 238 g/mol. The summed E-state index contributed by atoms with van der Waals surface area (Å²) in [6.07, 6.45) is 1.76. The van der Waals surface area contributed by atoms with Crippen molar-refractivity contribution in [2.45, 2.75) is 26.4 Å². The molecule has 1 rings (SSSR count). The molecule has 0 saturated heterocycles. The van der Waals surface area contributed by atoms with Gasteiger partial charge in [0, 0.05) is 6.07 Å². The van der Waals surface area contributed by atoms with E-state index in [0.29, 0.717) is 5.69 Å². The number of hydrogen-bond donors (Lipinski definition) is 2. The minimum Gasteiger partial charge on any atom is -0.444 e. The highest BCUT2D eigenvalue weighted by Crippen LogP contribution is 2.09. The van der Waals surface area contributed by atoms with Crippen molar-refractivity contribution in [3.8, 4) is 0 Å². The van der Waals surface area contributed by atoms with Gasteiger partial charge in [-0.1, -0.05) is 5.16 Å². The third-order valence-corrected chi connectivity index (χ3v) is 1.51. The molecule has 0 atom stereocenters. The molecule has 0 radical (unpaired) electrons. The Labute approximate surface area is 98.5 Å². The lowest BCUT2D eigenvalue weighted by molar-refractivity contribution is 0.0635. The molecule has 0 spiro atoms. The van der Waals surface area contributed by atoms with Gasteiger partial charge >= 0.3 is 6.09 Å². The molecule has 1 aromatic heterocycles. The predicted molar refractivity (Wildman–Crippen MR) is 61.3 cm³/mol. The molecular weight excluding hydrogens is 224 g/mol. The lowest BCUT2D eigenvalue weighted by atomic mass is 10.2. The van der Waals surface area contributed by atoms with Gasteiger partial charge in [0.25, 0.3) is 0 Å². The van der Waals surface area contributed by atoms with Crippen LogP contribution in [0.3, 0.4) is 0 Å². The van der Waals surface area contributed by atoms with E-state index < -0.39 is 11.7 Å². The van der Waals surface area contributed by atoms with Gasteiger partial charge in [-0.2, -0.15) is 0 Å². The first-order valence-corrected chi connectivity index (χ1v) is 4.90. The first-order chi connectivity index (χ1) is 7.90. The fourth-order valence-electron chi connectivity index (χ4n) is 0.979. The zero-order valence-corrected chi connectivity index (χ0v) is 9.84. The number of carbonyl (C=O) groups is 1. The van der Waals surface area contributed by atoms with Crippen LogP contribution in [0.1, 0.15) is 26.5 Å². The van der Waals surface area contributed by atoms with E-state index in [2.05, 4.69) is 20.4 Å².